The molecule has 1 saturated heterocycles. The van der Waals surface area contributed by atoms with Crippen molar-refractivity contribution in [3.63, 3.8) is 0 Å². The van der Waals surface area contributed by atoms with E-state index in [1.165, 1.54) is 0 Å². The number of carbonyl (C=O) groups excluding carboxylic acids is 3. The van der Waals surface area contributed by atoms with Crippen LogP contribution in [0.4, 0.5) is 0 Å². The van der Waals surface area contributed by atoms with Gasteiger partial charge in [0, 0.05) is 31.5 Å². The Kier molecular flexibility index (Phi) is 6.79. The van der Waals surface area contributed by atoms with Crippen LogP contribution < -0.4 is 0 Å². The van der Waals surface area contributed by atoms with Gasteiger partial charge in [0.15, 0.2) is 5.78 Å². The van der Waals surface area contributed by atoms with Gasteiger partial charge in [-0.15, -0.1) is 0 Å². The van der Waals surface area contributed by atoms with Crippen molar-refractivity contribution in [2.75, 3.05) is 19.7 Å². The van der Waals surface area contributed by atoms with Crippen LogP contribution in [0.15, 0.2) is 24.3 Å². The zero-order valence-electron chi connectivity index (χ0n) is 13.8. The summed E-state index contributed by atoms with van der Waals surface area (Å²) in [5.74, 6) is -0.763. The molecule has 1 fully saturated rings. The summed E-state index contributed by atoms with van der Waals surface area (Å²) in [5.41, 5.74) is 0.440. The Morgan fingerprint density at radius 2 is 2.00 bits per heavy atom. The highest BCUT2D eigenvalue weighted by molar-refractivity contribution is 6.34. The smallest absolute Gasteiger partial charge is 0.310 e. The fraction of sp³-hybridized carbons (Fsp3) is 0.500. The number of halogens is 1. The summed E-state index contributed by atoms with van der Waals surface area (Å²) in [7, 11) is 0. The van der Waals surface area contributed by atoms with Gasteiger partial charge in [0.2, 0.25) is 5.91 Å². The van der Waals surface area contributed by atoms with Gasteiger partial charge in [-0.3, -0.25) is 14.4 Å². The number of ketones is 1. The first-order valence-electron chi connectivity index (χ1n) is 8.25. The molecule has 0 aromatic heterocycles. The van der Waals surface area contributed by atoms with E-state index < -0.39 is 0 Å². The highest BCUT2D eigenvalue weighted by Crippen LogP contribution is 2.20. The number of ether oxygens (including phenoxy) is 1. The SMILES string of the molecule is CCOC(=O)C1CCCN(C(=O)CCC(=O)c2ccccc2Cl)C1. The van der Waals surface area contributed by atoms with Crippen LogP contribution in [0, 0.1) is 5.92 Å². The first kappa shape index (κ1) is 18.5. The number of nitrogens with zero attached hydrogens (tertiary/aromatic N) is 1. The second-order valence-electron chi connectivity index (χ2n) is 5.83. The predicted molar refractivity (Wildman–Crippen MR) is 91.0 cm³/mol. The lowest BCUT2D eigenvalue weighted by Crippen LogP contribution is -2.42. The van der Waals surface area contributed by atoms with Crippen molar-refractivity contribution < 1.29 is 19.1 Å². The van der Waals surface area contributed by atoms with E-state index in [1.807, 2.05) is 0 Å². The lowest BCUT2D eigenvalue weighted by molar-refractivity contribution is -0.151. The van der Waals surface area contributed by atoms with Gasteiger partial charge in [-0.2, -0.15) is 0 Å². The van der Waals surface area contributed by atoms with Gasteiger partial charge in [-0.1, -0.05) is 23.7 Å². The molecular weight excluding hydrogens is 330 g/mol. The van der Waals surface area contributed by atoms with E-state index in [0.29, 0.717) is 30.3 Å². The first-order valence-corrected chi connectivity index (χ1v) is 8.62. The lowest BCUT2D eigenvalue weighted by Gasteiger charge is -2.31. The second-order valence-corrected chi connectivity index (χ2v) is 6.24. The van der Waals surface area contributed by atoms with E-state index >= 15 is 0 Å². The summed E-state index contributed by atoms with van der Waals surface area (Å²) in [5, 5.41) is 0.398. The molecule has 0 bridgehead atoms. The average Bonchev–Trinajstić information content (AvgIpc) is 2.60. The Bertz CT molecular complexity index is 617. The molecule has 1 atom stereocenters. The monoisotopic (exact) mass is 351 g/mol. The molecule has 1 amide bonds. The molecule has 0 radical (unpaired) electrons. The highest BCUT2D eigenvalue weighted by atomic mass is 35.5. The number of rotatable bonds is 6. The van der Waals surface area contributed by atoms with E-state index in [2.05, 4.69) is 0 Å². The summed E-state index contributed by atoms with van der Waals surface area (Å²) < 4.78 is 5.03. The molecule has 0 N–H and O–H groups in total. The van der Waals surface area contributed by atoms with E-state index in [4.69, 9.17) is 16.3 Å². The van der Waals surface area contributed by atoms with E-state index in [0.717, 1.165) is 12.8 Å². The van der Waals surface area contributed by atoms with Gasteiger partial charge in [0.25, 0.3) is 0 Å². The minimum Gasteiger partial charge on any atom is -0.466 e. The van der Waals surface area contributed by atoms with Crippen LogP contribution in [0.25, 0.3) is 0 Å². The van der Waals surface area contributed by atoms with Gasteiger partial charge in [-0.05, 0) is 31.9 Å². The number of hydrogen-bond acceptors (Lipinski definition) is 4. The molecular formula is C18H22ClNO4. The molecule has 1 aliphatic rings. The molecule has 1 unspecified atom stereocenters. The van der Waals surface area contributed by atoms with Crippen LogP contribution in [-0.2, 0) is 14.3 Å². The molecule has 1 aromatic rings. The Balaban J connectivity index is 1.87. The van der Waals surface area contributed by atoms with Crippen molar-refractivity contribution in [3.05, 3.63) is 34.9 Å². The molecule has 0 aliphatic carbocycles. The van der Waals surface area contributed by atoms with E-state index in [-0.39, 0.29) is 36.4 Å². The van der Waals surface area contributed by atoms with Crippen molar-refractivity contribution in [2.24, 2.45) is 5.92 Å². The third-order valence-electron chi connectivity index (χ3n) is 4.13. The van der Waals surface area contributed by atoms with Crippen LogP contribution in [0.3, 0.4) is 0 Å². The van der Waals surface area contributed by atoms with Crippen LogP contribution in [0.5, 0.6) is 0 Å². The van der Waals surface area contributed by atoms with Crippen molar-refractivity contribution in [2.45, 2.75) is 32.6 Å². The van der Waals surface area contributed by atoms with Gasteiger partial charge < -0.3 is 9.64 Å². The topological polar surface area (TPSA) is 63.7 Å². The summed E-state index contributed by atoms with van der Waals surface area (Å²) in [6, 6.07) is 6.82. The summed E-state index contributed by atoms with van der Waals surface area (Å²) in [4.78, 5) is 38.0. The standard InChI is InChI=1S/C18H22ClNO4/c1-2-24-18(23)13-6-5-11-20(12-13)17(22)10-9-16(21)14-7-3-4-8-15(14)19/h3-4,7-8,13H,2,5-6,9-12H2,1H3. The molecule has 6 heteroatoms. The van der Waals surface area contributed by atoms with Crippen LogP contribution in [0.2, 0.25) is 5.02 Å². The molecule has 1 aromatic carbocycles. The van der Waals surface area contributed by atoms with E-state index in [1.54, 1.807) is 36.1 Å². The number of benzene rings is 1. The molecule has 130 valence electrons. The zero-order valence-corrected chi connectivity index (χ0v) is 14.6. The number of carbonyl (C=O) groups is 3. The molecule has 1 aliphatic heterocycles. The third-order valence-corrected chi connectivity index (χ3v) is 4.46. The Hall–Kier alpha value is -1.88. The second kappa shape index (κ2) is 8.83. The average molecular weight is 352 g/mol. The molecule has 24 heavy (non-hydrogen) atoms. The number of hydrogen-bond donors (Lipinski definition) is 0. The fourth-order valence-electron chi connectivity index (χ4n) is 2.86. The third kappa shape index (κ3) is 4.81. The van der Waals surface area contributed by atoms with Gasteiger partial charge >= 0.3 is 5.97 Å². The quantitative estimate of drug-likeness (QED) is 0.583. The predicted octanol–water partition coefficient (Wildman–Crippen LogP) is 3.10. The molecule has 0 saturated carbocycles. The summed E-state index contributed by atoms with van der Waals surface area (Å²) in [6.45, 7) is 3.10. The van der Waals surface area contributed by atoms with Crippen LogP contribution >= 0.6 is 11.6 Å². The number of piperidine rings is 1. The van der Waals surface area contributed by atoms with Crippen LogP contribution in [0.1, 0.15) is 43.0 Å². The Labute approximate surface area is 146 Å². The normalized spacial score (nSPS) is 17.4. The van der Waals surface area contributed by atoms with Gasteiger partial charge in [-0.25, -0.2) is 0 Å². The zero-order chi connectivity index (χ0) is 17.5. The summed E-state index contributed by atoms with van der Waals surface area (Å²) in [6.07, 6.45) is 1.75. The fourth-order valence-corrected chi connectivity index (χ4v) is 3.10. The Morgan fingerprint density at radius 1 is 1.25 bits per heavy atom. The van der Waals surface area contributed by atoms with Gasteiger partial charge in [0.1, 0.15) is 0 Å². The molecule has 0 spiro atoms. The number of likely N-dealkylation sites (tertiary alicyclic amines) is 1. The minimum absolute atomic E-state index is 0.107. The van der Waals surface area contributed by atoms with Crippen LogP contribution in [-0.4, -0.2) is 42.3 Å². The number of esters is 1. The maximum absolute atomic E-state index is 12.3. The Morgan fingerprint density at radius 3 is 2.71 bits per heavy atom. The molecule has 2 rings (SSSR count). The maximum atomic E-state index is 12.3. The number of amides is 1. The lowest BCUT2D eigenvalue weighted by atomic mass is 9.97. The van der Waals surface area contributed by atoms with E-state index in [9.17, 15) is 14.4 Å². The summed E-state index contributed by atoms with van der Waals surface area (Å²) >= 11 is 6.00. The van der Waals surface area contributed by atoms with Crippen molar-refractivity contribution in [1.29, 1.82) is 0 Å². The van der Waals surface area contributed by atoms with Gasteiger partial charge in [0.05, 0.1) is 17.5 Å². The molecule has 5 nitrogen and oxygen atoms in total. The maximum Gasteiger partial charge on any atom is 0.310 e. The van der Waals surface area contributed by atoms with Crippen molar-refractivity contribution in [1.82, 2.24) is 4.90 Å². The minimum atomic E-state index is -0.262. The largest absolute Gasteiger partial charge is 0.466 e. The van der Waals surface area contributed by atoms with Crippen molar-refractivity contribution in [3.8, 4) is 0 Å². The first-order chi connectivity index (χ1) is 11.5. The molecule has 1 heterocycles. The highest BCUT2D eigenvalue weighted by Gasteiger charge is 2.29. The number of Topliss-reactive ketones (excluding diaryl/α,β-unsaturated/α-hetero) is 1. The van der Waals surface area contributed by atoms with Crippen molar-refractivity contribution >= 4 is 29.3 Å².